The van der Waals surface area contributed by atoms with Crippen molar-refractivity contribution in [3.8, 4) is 0 Å². The lowest BCUT2D eigenvalue weighted by Crippen LogP contribution is -2.42. The predicted octanol–water partition coefficient (Wildman–Crippen LogP) is 3.45. The largest absolute Gasteiger partial charge is 0.449 e. The maximum Gasteiger partial charge on any atom is 0.411 e. The molecule has 0 heterocycles. The first-order valence-electron chi connectivity index (χ1n) is 9.54. The molecule has 31 heavy (non-hydrogen) atoms. The average molecular weight is 439 g/mol. The van der Waals surface area contributed by atoms with Gasteiger partial charge in [-0.25, -0.2) is 4.79 Å². The molecular formula is C22H20BClN2O5. The number of rotatable bonds is 7. The number of benzene rings is 3. The molecule has 0 aliphatic heterocycles. The van der Waals surface area contributed by atoms with E-state index in [2.05, 4.69) is 5.32 Å². The number of carbonyl (C=O) groups excluding carboxylic acids is 1. The summed E-state index contributed by atoms with van der Waals surface area (Å²) in [6.07, 6.45) is -0.129. The van der Waals surface area contributed by atoms with Gasteiger partial charge in [0, 0.05) is 29.3 Å². The molecule has 0 saturated heterocycles. The molecule has 0 bridgehead atoms. The van der Waals surface area contributed by atoms with Gasteiger partial charge in [0.05, 0.1) is 11.5 Å². The van der Waals surface area contributed by atoms with Crippen LogP contribution in [0.25, 0.3) is 0 Å². The Hall–Kier alpha value is -3.36. The van der Waals surface area contributed by atoms with Gasteiger partial charge in [0.25, 0.3) is 5.69 Å². The van der Waals surface area contributed by atoms with E-state index in [4.69, 9.17) is 16.3 Å². The maximum absolute atomic E-state index is 12.0. The van der Waals surface area contributed by atoms with Crippen LogP contribution in [0.4, 0.5) is 16.2 Å². The number of aryl methyl sites for hydroxylation is 1. The molecule has 0 aliphatic rings. The zero-order valence-electron chi connectivity index (χ0n) is 16.7. The van der Waals surface area contributed by atoms with Gasteiger partial charge >= 0.3 is 13.0 Å². The van der Waals surface area contributed by atoms with Gasteiger partial charge in [-0.2, -0.15) is 0 Å². The fraction of sp³-hybridized carbons (Fsp3) is 0.136. The summed E-state index contributed by atoms with van der Waals surface area (Å²) in [6, 6.07) is 18.6. The monoisotopic (exact) mass is 438 g/mol. The molecule has 7 nitrogen and oxygen atoms in total. The van der Waals surface area contributed by atoms with E-state index in [0.717, 1.165) is 16.5 Å². The Kier molecular flexibility index (Phi) is 7.28. The van der Waals surface area contributed by atoms with E-state index in [0.29, 0.717) is 22.7 Å². The maximum atomic E-state index is 12.0. The third-order valence-electron chi connectivity index (χ3n) is 4.76. The Morgan fingerprint density at radius 3 is 2.29 bits per heavy atom. The minimum absolute atomic E-state index is 0.0407. The Balaban J connectivity index is 1.49. The van der Waals surface area contributed by atoms with Crippen LogP contribution in [0, 0.1) is 17.0 Å². The van der Waals surface area contributed by atoms with Crippen LogP contribution in [-0.4, -0.2) is 29.6 Å². The number of nitro benzene ring substituents is 1. The average Bonchev–Trinajstić information content (AvgIpc) is 2.75. The lowest BCUT2D eigenvalue weighted by molar-refractivity contribution is -0.384. The molecule has 3 rings (SSSR count). The standard InChI is InChI=1S/C22H20BClN2O5/c1-15-14-20(26(29)30)10-11-21(15)25-22(27)31-13-12-16-2-4-17(5-3-16)23(28)18-6-8-19(24)9-7-18/h2-11,14,28H,12-13H2,1H3,(H,25,27). The fourth-order valence-electron chi connectivity index (χ4n) is 3.01. The second-order valence-electron chi connectivity index (χ2n) is 6.96. The lowest BCUT2D eigenvalue weighted by Gasteiger charge is -2.10. The van der Waals surface area contributed by atoms with Crippen molar-refractivity contribution in [1.29, 1.82) is 0 Å². The van der Waals surface area contributed by atoms with E-state index < -0.39 is 17.9 Å². The first-order valence-corrected chi connectivity index (χ1v) is 9.92. The van der Waals surface area contributed by atoms with Crippen LogP contribution in [-0.2, 0) is 11.2 Å². The van der Waals surface area contributed by atoms with Crippen molar-refractivity contribution in [3.63, 3.8) is 0 Å². The Morgan fingerprint density at radius 1 is 1.10 bits per heavy atom. The van der Waals surface area contributed by atoms with E-state index in [9.17, 15) is 19.9 Å². The summed E-state index contributed by atoms with van der Waals surface area (Å²) in [5, 5.41) is 24.4. The second kappa shape index (κ2) is 10.1. The third kappa shape index (κ3) is 6.07. The number of carbonyl (C=O) groups is 1. The quantitative estimate of drug-likeness (QED) is 0.334. The summed E-state index contributed by atoms with van der Waals surface area (Å²) in [5.74, 6) is 0. The van der Waals surface area contributed by atoms with Gasteiger partial charge in [-0.05, 0) is 47.2 Å². The fourth-order valence-corrected chi connectivity index (χ4v) is 3.14. The highest BCUT2D eigenvalue weighted by atomic mass is 35.5. The number of amides is 1. The molecule has 2 N–H and O–H groups in total. The first kappa shape index (κ1) is 22.3. The van der Waals surface area contributed by atoms with E-state index in [1.54, 1.807) is 31.2 Å². The summed E-state index contributed by atoms with van der Waals surface area (Å²) in [5.41, 5.74) is 3.43. The molecule has 0 atom stereocenters. The van der Waals surface area contributed by atoms with Crippen molar-refractivity contribution in [2.24, 2.45) is 0 Å². The number of non-ortho nitro benzene ring substituents is 1. The Bertz CT molecular complexity index is 1070. The zero-order valence-corrected chi connectivity index (χ0v) is 17.5. The summed E-state index contributed by atoms with van der Waals surface area (Å²) < 4.78 is 5.19. The van der Waals surface area contributed by atoms with Crippen LogP contribution in [0.5, 0.6) is 0 Å². The zero-order chi connectivity index (χ0) is 22.4. The minimum atomic E-state index is -0.752. The summed E-state index contributed by atoms with van der Waals surface area (Å²) >= 11 is 5.88. The number of ether oxygens (including phenoxy) is 1. The van der Waals surface area contributed by atoms with E-state index >= 15 is 0 Å². The van der Waals surface area contributed by atoms with Crippen molar-refractivity contribution in [1.82, 2.24) is 0 Å². The molecule has 0 aliphatic carbocycles. The molecule has 0 unspecified atom stereocenters. The van der Waals surface area contributed by atoms with Crippen molar-refractivity contribution < 1.29 is 19.5 Å². The molecule has 3 aromatic rings. The van der Waals surface area contributed by atoms with Crippen LogP contribution in [0.2, 0.25) is 5.02 Å². The van der Waals surface area contributed by atoms with Crippen LogP contribution in [0.3, 0.4) is 0 Å². The van der Waals surface area contributed by atoms with Gasteiger partial charge in [-0.15, -0.1) is 0 Å². The van der Waals surface area contributed by atoms with Crippen molar-refractivity contribution >= 4 is 46.9 Å². The number of anilines is 1. The normalized spacial score (nSPS) is 10.4. The summed E-state index contributed by atoms with van der Waals surface area (Å²) in [4.78, 5) is 22.3. The number of halogens is 1. The molecule has 0 aromatic heterocycles. The van der Waals surface area contributed by atoms with Crippen LogP contribution >= 0.6 is 11.6 Å². The van der Waals surface area contributed by atoms with Gasteiger partial charge < -0.3 is 9.76 Å². The SMILES string of the molecule is Cc1cc([N+](=O)[O-])ccc1NC(=O)OCCc1ccc(B(O)c2ccc(Cl)cc2)cc1. The van der Waals surface area contributed by atoms with Gasteiger partial charge in [-0.1, -0.05) is 48.0 Å². The van der Waals surface area contributed by atoms with Gasteiger partial charge in [0.1, 0.15) is 0 Å². The molecule has 0 spiro atoms. The number of hydrogen-bond acceptors (Lipinski definition) is 5. The van der Waals surface area contributed by atoms with Gasteiger partial charge in [0.2, 0.25) is 0 Å². The van der Waals surface area contributed by atoms with Crippen molar-refractivity contribution in [2.45, 2.75) is 13.3 Å². The van der Waals surface area contributed by atoms with E-state index in [1.165, 1.54) is 18.2 Å². The second-order valence-corrected chi connectivity index (χ2v) is 7.40. The highest BCUT2D eigenvalue weighted by molar-refractivity contribution is 6.78. The number of nitro groups is 1. The molecule has 0 saturated carbocycles. The summed E-state index contributed by atoms with van der Waals surface area (Å²) in [6.45, 7) is 1.08. The van der Waals surface area contributed by atoms with Crippen LogP contribution in [0.15, 0.2) is 66.7 Å². The minimum Gasteiger partial charge on any atom is -0.449 e. The van der Waals surface area contributed by atoms with E-state index in [-0.39, 0.29) is 12.3 Å². The molecule has 0 fully saturated rings. The smallest absolute Gasteiger partial charge is 0.411 e. The van der Waals surface area contributed by atoms with Crippen molar-refractivity contribution in [2.75, 3.05) is 11.9 Å². The van der Waals surface area contributed by atoms with Gasteiger partial charge in [-0.3, -0.25) is 15.4 Å². The third-order valence-corrected chi connectivity index (χ3v) is 5.01. The molecule has 9 heteroatoms. The Labute approximate surface area is 184 Å². The lowest BCUT2D eigenvalue weighted by atomic mass is 9.56. The molecule has 158 valence electrons. The number of hydrogen-bond donors (Lipinski definition) is 2. The highest BCUT2D eigenvalue weighted by Crippen LogP contribution is 2.21. The van der Waals surface area contributed by atoms with Gasteiger partial charge in [0.15, 0.2) is 0 Å². The Morgan fingerprint density at radius 2 is 1.71 bits per heavy atom. The summed E-state index contributed by atoms with van der Waals surface area (Å²) in [7, 11) is 0. The predicted molar refractivity (Wildman–Crippen MR) is 122 cm³/mol. The van der Waals surface area contributed by atoms with E-state index in [1.807, 2.05) is 24.3 Å². The molecular weight excluding hydrogens is 419 g/mol. The van der Waals surface area contributed by atoms with Crippen LogP contribution in [0.1, 0.15) is 11.1 Å². The number of nitrogens with zero attached hydrogens (tertiary/aromatic N) is 1. The number of nitrogens with one attached hydrogen (secondary N) is 1. The molecule has 3 aromatic carbocycles. The topological polar surface area (TPSA) is 102 Å². The first-order chi connectivity index (χ1) is 14.8. The van der Waals surface area contributed by atoms with Crippen LogP contribution < -0.4 is 16.2 Å². The highest BCUT2D eigenvalue weighted by Gasteiger charge is 2.16. The molecule has 1 amide bonds. The van der Waals surface area contributed by atoms with Crippen molar-refractivity contribution in [3.05, 3.63) is 93.0 Å². The molecule has 0 radical (unpaired) electrons.